The van der Waals surface area contributed by atoms with Gasteiger partial charge in [-0.25, -0.2) is 0 Å². The molecule has 1 aliphatic rings. The van der Waals surface area contributed by atoms with Crippen LogP contribution in [0.3, 0.4) is 0 Å². The highest BCUT2D eigenvalue weighted by atomic mass is 16.2. The largest absolute Gasteiger partial charge is 0.348 e. The first kappa shape index (κ1) is 12.5. The highest BCUT2D eigenvalue weighted by Gasteiger charge is 2.51. The van der Waals surface area contributed by atoms with Crippen molar-refractivity contribution in [1.82, 2.24) is 10.6 Å². The maximum atomic E-state index is 12.1. The van der Waals surface area contributed by atoms with Crippen molar-refractivity contribution in [2.45, 2.75) is 71.0 Å². The van der Waals surface area contributed by atoms with Crippen molar-refractivity contribution >= 4 is 5.91 Å². The minimum Gasteiger partial charge on any atom is -0.348 e. The van der Waals surface area contributed by atoms with Crippen LogP contribution in [0.15, 0.2) is 0 Å². The number of carbonyl (C=O) groups is 1. The molecule has 88 valence electrons. The van der Waals surface area contributed by atoms with Gasteiger partial charge in [-0.1, -0.05) is 13.8 Å². The Hall–Kier alpha value is -0.570. The molecule has 0 bridgehead atoms. The van der Waals surface area contributed by atoms with Crippen LogP contribution in [-0.4, -0.2) is 22.5 Å². The van der Waals surface area contributed by atoms with Crippen molar-refractivity contribution < 1.29 is 4.79 Å². The Labute approximate surface area is 93.0 Å². The second-order valence-electron chi connectivity index (χ2n) is 5.62. The van der Waals surface area contributed by atoms with E-state index in [0.29, 0.717) is 0 Å². The Kier molecular flexibility index (Phi) is 2.90. The van der Waals surface area contributed by atoms with Gasteiger partial charge >= 0.3 is 0 Å². The lowest BCUT2D eigenvalue weighted by molar-refractivity contribution is -0.137. The maximum absolute atomic E-state index is 12.1. The summed E-state index contributed by atoms with van der Waals surface area (Å²) in [6.45, 7) is 12.5. The summed E-state index contributed by atoms with van der Waals surface area (Å²) in [6, 6.07) is 0. The third-order valence-corrected chi connectivity index (χ3v) is 4.18. The fourth-order valence-electron chi connectivity index (χ4n) is 2.12. The summed E-state index contributed by atoms with van der Waals surface area (Å²) < 4.78 is 0. The van der Waals surface area contributed by atoms with E-state index in [4.69, 9.17) is 0 Å². The molecule has 3 nitrogen and oxygen atoms in total. The van der Waals surface area contributed by atoms with E-state index in [1.54, 1.807) is 0 Å². The predicted octanol–water partition coefficient (Wildman–Crippen LogP) is 1.82. The minimum atomic E-state index is -0.390. The molecule has 0 radical (unpaired) electrons. The summed E-state index contributed by atoms with van der Waals surface area (Å²) in [7, 11) is 0. The zero-order valence-electron chi connectivity index (χ0n) is 10.8. The first-order valence-electron chi connectivity index (χ1n) is 5.83. The van der Waals surface area contributed by atoms with Gasteiger partial charge in [0.15, 0.2) is 0 Å². The van der Waals surface area contributed by atoms with Crippen molar-refractivity contribution in [3.05, 3.63) is 0 Å². The molecule has 0 aliphatic carbocycles. The monoisotopic (exact) mass is 212 g/mol. The van der Waals surface area contributed by atoms with Crippen molar-refractivity contribution in [2.24, 2.45) is 0 Å². The Balaban J connectivity index is 3.06. The third-order valence-electron chi connectivity index (χ3n) is 4.18. The first-order valence-corrected chi connectivity index (χ1v) is 5.83. The molecule has 0 aromatic heterocycles. The molecule has 1 amide bonds. The van der Waals surface area contributed by atoms with Crippen LogP contribution >= 0.6 is 0 Å². The molecule has 15 heavy (non-hydrogen) atoms. The van der Waals surface area contributed by atoms with Crippen LogP contribution in [0.25, 0.3) is 0 Å². The zero-order chi connectivity index (χ0) is 11.9. The maximum Gasteiger partial charge on any atom is 0.240 e. The van der Waals surface area contributed by atoms with Crippen LogP contribution in [0.4, 0.5) is 0 Å². The van der Waals surface area contributed by atoms with E-state index in [9.17, 15) is 4.79 Å². The van der Waals surface area contributed by atoms with Gasteiger partial charge in [0.2, 0.25) is 5.91 Å². The lowest BCUT2D eigenvalue weighted by Gasteiger charge is -2.54. The number of rotatable bonds is 2. The van der Waals surface area contributed by atoms with E-state index in [1.807, 2.05) is 0 Å². The summed E-state index contributed by atoms with van der Waals surface area (Å²) in [6.07, 6.45) is 1.66. The Morgan fingerprint density at radius 2 is 1.47 bits per heavy atom. The molecule has 1 heterocycles. The van der Waals surface area contributed by atoms with Crippen molar-refractivity contribution in [2.75, 3.05) is 0 Å². The van der Waals surface area contributed by atoms with Crippen molar-refractivity contribution in [3.8, 4) is 0 Å². The number of piperazine rings is 1. The van der Waals surface area contributed by atoms with E-state index < -0.39 is 0 Å². The van der Waals surface area contributed by atoms with Gasteiger partial charge in [-0.15, -0.1) is 0 Å². The summed E-state index contributed by atoms with van der Waals surface area (Å²) in [5.74, 6) is 0.136. The molecular formula is C12H24N2O. The van der Waals surface area contributed by atoms with Gasteiger partial charge in [-0.3, -0.25) is 10.1 Å². The molecule has 1 rings (SSSR count). The van der Waals surface area contributed by atoms with Crippen LogP contribution in [0.5, 0.6) is 0 Å². The predicted molar refractivity (Wildman–Crippen MR) is 62.7 cm³/mol. The number of carbonyl (C=O) groups excluding carboxylic acids is 1. The molecule has 3 heteroatoms. The van der Waals surface area contributed by atoms with Gasteiger partial charge in [0.05, 0.1) is 11.1 Å². The van der Waals surface area contributed by atoms with E-state index in [2.05, 4.69) is 52.2 Å². The fraction of sp³-hybridized carbons (Fsp3) is 0.917. The second kappa shape index (κ2) is 3.48. The van der Waals surface area contributed by atoms with E-state index >= 15 is 0 Å². The molecule has 1 saturated heterocycles. The van der Waals surface area contributed by atoms with Gasteiger partial charge in [0, 0.05) is 5.54 Å². The third kappa shape index (κ3) is 1.78. The molecule has 1 fully saturated rings. The van der Waals surface area contributed by atoms with Crippen LogP contribution in [0, 0.1) is 0 Å². The summed E-state index contributed by atoms with van der Waals surface area (Å²) >= 11 is 0. The van der Waals surface area contributed by atoms with E-state index in [1.165, 1.54) is 0 Å². The quantitative estimate of drug-likeness (QED) is 0.733. The fourth-order valence-corrected chi connectivity index (χ4v) is 2.12. The molecule has 0 aromatic carbocycles. The summed E-state index contributed by atoms with van der Waals surface area (Å²) in [4.78, 5) is 12.1. The SMILES string of the molecule is CCC1(CC)NC(C)(C)C(C)(C)NC1=O. The average Bonchev–Trinajstić information content (AvgIpc) is 2.11. The minimum absolute atomic E-state index is 0.0903. The van der Waals surface area contributed by atoms with Crippen LogP contribution in [-0.2, 0) is 4.79 Å². The smallest absolute Gasteiger partial charge is 0.240 e. The molecule has 0 atom stereocenters. The van der Waals surface area contributed by atoms with Crippen LogP contribution in [0.2, 0.25) is 0 Å². The zero-order valence-corrected chi connectivity index (χ0v) is 10.8. The topological polar surface area (TPSA) is 41.1 Å². The van der Waals surface area contributed by atoms with Gasteiger partial charge in [-0.05, 0) is 40.5 Å². The highest BCUT2D eigenvalue weighted by molar-refractivity contribution is 5.88. The molecule has 0 unspecified atom stereocenters. The average molecular weight is 212 g/mol. The van der Waals surface area contributed by atoms with Crippen molar-refractivity contribution in [3.63, 3.8) is 0 Å². The van der Waals surface area contributed by atoms with Crippen LogP contribution in [0.1, 0.15) is 54.4 Å². The number of nitrogens with one attached hydrogen (secondary N) is 2. The Bertz CT molecular complexity index is 265. The van der Waals surface area contributed by atoms with Gasteiger partial charge in [0.25, 0.3) is 0 Å². The summed E-state index contributed by atoms with van der Waals surface area (Å²) in [5.41, 5.74) is -0.691. The van der Waals surface area contributed by atoms with Crippen LogP contribution < -0.4 is 10.6 Å². The molecule has 0 aromatic rings. The highest BCUT2D eigenvalue weighted by Crippen LogP contribution is 2.32. The number of hydrogen-bond acceptors (Lipinski definition) is 2. The Morgan fingerprint density at radius 3 is 1.87 bits per heavy atom. The number of amides is 1. The standard InChI is InChI=1S/C12H24N2O/c1-7-12(8-2)9(15)13-10(3,4)11(5,6)14-12/h14H,7-8H2,1-6H3,(H,13,15). The van der Waals surface area contributed by atoms with E-state index in [0.717, 1.165) is 12.8 Å². The lowest BCUT2D eigenvalue weighted by Crippen LogP contribution is -2.78. The van der Waals surface area contributed by atoms with Gasteiger partial charge in [0.1, 0.15) is 0 Å². The normalized spacial score (nSPS) is 27.2. The van der Waals surface area contributed by atoms with Gasteiger partial charge in [-0.2, -0.15) is 0 Å². The lowest BCUT2D eigenvalue weighted by atomic mass is 9.74. The number of hydrogen-bond donors (Lipinski definition) is 2. The van der Waals surface area contributed by atoms with E-state index in [-0.39, 0.29) is 22.5 Å². The second-order valence-corrected chi connectivity index (χ2v) is 5.62. The molecule has 0 spiro atoms. The van der Waals surface area contributed by atoms with Crippen molar-refractivity contribution in [1.29, 1.82) is 0 Å². The van der Waals surface area contributed by atoms with Gasteiger partial charge < -0.3 is 5.32 Å². The summed E-state index contributed by atoms with van der Waals surface area (Å²) in [5, 5.41) is 6.67. The molecular weight excluding hydrogens is 188 g/mol. The molecule has 1 aliphatic heterocycles. The Morgan fingerprint density at radius 1 is 1.00 bits per heavy atom. The molecule has 0 saturated carbocycles. The first-order chi connectivity index (χ1) is 6.71. The molecule has 2 N–H and O–H groups in total.